The van der Waals surface area contributed by atoms with Crippen molar-refractivity contribution >= 4 is 10.0 Å². The van der Waals surface area contributed by atoms with Gasteiger partial charge in [0.1, 0.15) is 4.90 Å². The van der Waals surface area contributed by atoms with Crippen molar-refractivity contribution in [1.29, 1.82) is 0 Å². The summed E-state index contributed by atoms with van der Waals surface area (Å²) in [5.74, 6) is 0. The number of aliphatic hydroxyl groups excluding tert-OH is 1. The molecular formula is C12H23N3O4S. The summed E-state index contributed by atoms with van der Waals surface area (Å²) in [5, 5.41) is 12.7. The molecule has 0 spiro atoms. The zero-order valence-corrected chi connectivity index (χ0v) is 12.6. The second kappa shape index (κ2) is 9.06. The number of hydrogen-bond acceptors (Lipinski definition) is 5. The van der Waals surface area contributed by atoms with Gasteiger partial charge in [0.15, 0.2) is 0 Å². The molecule has 0 bridgehead atoms. The highest BCUT2D eigenvalue weighted by Gasteiger charge is 2.15. The third-order valence-electron chi connectivity index (χ3n) is 2.65. The molecule has 0 atom stereocenters. The van der Waals surface area contributed by atoms with Gasteiger partial charge in [-0.2, -0.15) is 5.10 Å². The predicted molar refractivity (Wildman–Crippen MR) is 74.8 cm³/mol. The Morgan fingerprint density at radius 1 is 1.40 bits per heavy atom. The van der Waals surface area contributed by atoms with E-state index in [4.69, 9.17) is 9.84 Å². The van der Waals surface area contributed by atoms with Crippen LogP contribution >= 0.6 is 0 Å². The van der Waals surface area contributed by atoms with E-state index in [2.05, 4.69) is 16.7 Å². The Kier molecular flexibility index (Phi) is 7.75. The maximum absolute atomic E-state index is 11.9. The van der Waals surface area contributed by atoms with Crippen LogP contribution in [0.2, 0.25) is 0 Å². The summed E-state index contributed by atoms with van der Waals surface area (Å²) < 4.78 is 33.1. The third kappa shape index (κ3) is 6.00. The summed E-state index contributed by atoms with van der Waals surface area (Å²) in [5.41, 5.74) is 0. The first-order valence-corrected chi connectivity index (χ1v) is 8.29. The lowest BCUT2D eigenvalue weighted by atomic mass is 10.4. The lowest BCUT2D eigenvalue weighted by Crippen LogP contribution is -2.27. The number of unbranched alkanes of at least 4 members (excludes halogenated alkanes) is 1. The topological polar surface area (TPSA) is 93.5 Å². The van der Waals surface area contributed by atoms with Crippen molar-refractivity contribution < 1.29 is 18.3 Å². The van der Waals surface area contributed by atoms with Gasteiger partial charge in [0, 0.05) is 32.5 Å². The maximum atomic E-state index is 11.9. The fourth-order valence-electron chi connectivity index (χ4n) is 1.52. The Morgan fingerprint density at radius 3 is 2.90 bits per heavy atom. The van der Waals surface area contributed by atoms with E-state index in [1.807, 2.05) is 0 Å². The van der Waals surface area contributed by atoms with Crippen LogP contribution in [0.25, 0.3) is 0 Å². The van der Waals surface area contributed by atoms with Gasteiger partial charge in [-0.25, -0.2) is 13.1 Å². The van der Waals surface area contributed by atoms with Gasteiger partial charge >= 0.3 is 0 Å². The number of ether oxygens (including phenoxy) is 1. The Bertz CT molecular complexity index is 473. The smallest absolute Gasteiger partial charge is 0.243 e. The zero-order chi connectivity index (χ0) is 14.8. The molecule has 0 fully saturated rings. The van der Waals surface area contributed by atoms with Crippen LogP contribution in [-0.4, -0.2) is 49.7 Å². The van der Waals surface area contributed by atoms with Crippen molar-refractivity contribution in [2.24, 2.45) is 0 Å². The lowest BCUT2D eigenvalue weighted by Gasteiger charge is -2.05. The van der Waals surface area contributed by atoms with E-state index in [9.17, 15) is 8.42 Å². The normalized spacial score (nSPS) is 11.9. The number of aliphatic hydroxyl groups is 1. The van der Waals surface area contributed by atoms with Crippen molar-refractivity contribution in [2.45, 2.75) is 37.6 Å². The minimum Gasteiger partial charge on any atom is -0.396 e. The molecule has 0 aliphatic carbocycles. The number of nitrogens with one attached hydrogen (secondary N) is 1. The molecule has 1 aromatic rings. The minimum atomic E-state index is -3.53. The van der Waals surface area contributed by atoms with Crippen LogP contribution < -0.4 is 4.72 Å². The summed E-state index contributed by atoms with van der Waals surface area (Å²) in [4.78, 5) is 0.129. The molecule has 0 saturated heterocycles. The van der Waals surface area contributed by atoms with E-state index in [0.29, 0.717) is 26.2 Å². The molecule has 0 amide bonds. The molecule has 0 aliphatic rings. The fourth-order valence-corrected chi connectivity index (χ4v) is 2.48. The summed E-state index contributed by atoms with van der Waals surface area (Å²) in [6.07, 6.45) is 5.33. The molecule has 1 heterocycles. The first kappa shape index (κ1) is 17.1. The third-order valence-corrected chi connectivity index (χ3v) is 4.06. The van der Waals surface area contributed by atoms with Crippen LogP contribution in [0.1, 0.15) is 26.2 Å². The average Bonchev–Trinajstić information content (AvgIpc) is 2.90. The van der Waals surface area contributed by atoms with Crippen LogP contribution in [0, 0.1) is 0 Å². The Hall–Kier alpha value is -0.960. The van der Waals surface area contributed by atoms with E-state index in [-0.39, 0.29) is 18.0 Å². The van der Waals surface area contributed by atoms with E-state index in [0.717, 1.165) is 12.8 Å². The average molecular weight is 305 g/mol. The van der Waals surface area contributed by atoms with Gasteiger partial charge in [0.25, 0.3) is 0 Å². The van der Waals surface area contributed by atoms with Gasteiger partial charge in [-0.05, 0) is 12.8 Å². The molecule has 7 nitrogen and oxygen atoms in total. The molecule has 0 aromatic carbocycles. The molecule has 0 unspecified atom stereocenters. The van der Waals surface area contributed by atoms with E-state index in [1.165, 1.54) is 17.1 Å². The number of nitrogens with zero attached hydrogens (tertiary/aromatic N) is 2. The van der Waals surface area contributed by atoms with Gasteiger partial charge in [-0.1, -0.05) is 13.3 Å². The number of aryl methyl sites for hydroxylation is 1. The minimum absolute atomic E-state index is 0.0509. The molecule has 1 rings (SSSR count). The quantitative estimate of drug-likeness (QED) is 0.576. The fraction of sp³-hybridized carbons (Fsp3) is 0.750. The summed E-state index contributed by atoms with van der Waals surface area (Å²) >= 11 is 0. The first-order chi connectivity index (χ1) is 9.60. The van der Waals surface area contributed by atoms with Gasteiger partial charge < -0.3 is 9.84 Å². The molecule has 8 heteroatoms. The highest BCUT2D eigenvalue weighted by Crippen LogP contribution is 2.06. The number of hydrogen-bond donors (Lipinski definition) is 2. The van der Waals surface area contributed by atoms with Crippen LogP contribution in [0.15, 0.2) is 17.3 Å². The summed E-state index contributed by atoms with van der Waals surface area (Å²) in [6, 6.07) is 0. The predicted octanol–water partition coefficient (Wildman–Crippen LogP) is 0.360. The van der Waals surface area contributed by atoms with Crippen LogP contribution in [0.5, 0.6) is 0 Å². The summed E-state index contributed by atoms with van der Waals surface area (Å²) in [6.45, 7) is 3.87. The van der Waals surface area contributed by atoms with Crippen molar-refractivity contribution in [3.63, 3.8) is 0 Å². The monoisotopic (exact) mass is 305 g/mol. The van der Waals surface area contributed by atoms with E-state index < -0.39 is 10.0 Å². The highest BCUT2D eigenvalue weighted by atomic mass is 32.2. The molecule has 20 heavy (non-hydrogen) atoms. The number of rotatable bonds is 11. The Morgan fingerprint density at radius 2 is 2.20 bits per heavy atom. The Labute approximate surface area is 120 Å². The zero-order valence-electron chi connectivity index (χ0n) is 11.8. The molecule has 1 aromatic heterocycles. The lowest BCUT2D eigenvalue weighted by molar-refractivity contribution is 0.136. The standard InChI is InChI=1S/C12H23N3O4S/c1-2-3-8-19-9-5-14-20(17,18)12-10-13-15(11-12)6-4-7-16/h10-11,14,16H,2-9H2,1H3. The first-order valence-electron chi connectivity index (χ1n) is 6.81. The van der Waals surface area contributed by atoms with Gasteiger partial charge in [0.05, 0.1) is 12.8 Å². The SMILES string of the molecule is CCCCOCCNS(=O)(=O)c1cnn(CCCO)c1. The molecule has 0 aliphatic heterocycles. The second-order valence-electron chi connectivity index (χ2n) is 4.38. The highest BCUT2D eigenvalue weighted by molar-refractivity contribution is 7.89. The second-order valence-corrected chi connectivity index (χ2v) is 6.15. The van der Waals surface area contributed by atoms with Crippen LogP contribution in [0.4, 0.5) is 0 Å². The van der Waals surface area contributed by atoms with Gasteiger partial charge in [-0.3, -0.25) is 4.68 Å². The van der Waals surface area contributed by atoms with Crippen LogP contribution in [-0.2, 0) is 21.3 Å². The van der Waals surface area contributed by atoms with Crippen molar-refractivity contribution in [3.8, 4) is 0 Å². The molecule has 0 radical (unpaired) electrons. The van der Waals surface area contributed by atoms with Crippen molar-refractivity contribution in [3.05, 3.63) is 12.4 Å². The van der Waals surface area contributed by atoms with Crippen LogP contribution in [0.3, 0.4) is 0 Å². The molecule has 0 saturated carbocycles. The molecule has 116 valence electrons. The van der Waals surface area contributed by atoms with E-state index >= 15 is 0 Å². The summed E-state index contributed by atoms with van der Waals surface area (Å²) in [7, 11) is -3.53. The largest absolute Gasteiger partial charge is 0.396 e. The van der Waals surface area contributed by atoms with Gasteiger partial charge in [-0.15, -0.1) is 0 Å². The van der Waals surface area contributed by atoms with E-state index in [1.54, 1.807) is 0 Å². The van der Waals surface area contributed by atoms with Gasteiger partial charge in [0.2, 0.25) is 10.0 Å². The number of aromatic nitrogens is 2. The molecule has 2 N–H and O–H groups in total. The van der Waals surface area contributed by atoms with Crippen molar-refractivity contribution in [2.75, 3.05) is 26.4 Å². The molecular weight excluding hydrogens is 282 g/mol. The Balaban J connectivity index is 2.38. The number of sulfonamides is 1. The van der Waals surface area contributed by atoms with Crippen molar-refractivity contribution in [1.82, 2.24) is 14.5 Å². The maximum Gasteiger partial charge on any atom is 0.243 e.